The highest BCUT2D eigenvalue weighted by molar-refractivity contribution is 6.00. The number of rotatable bonds is 3. The summed E-state index contributed by atoms with van der Waals surface area (Å²) in [5.74, 6) is -1.43. The quantitative estimate of drug-likeness (QED) is 0.789. The van der Waals surface area contributed by atoms with Crippen LogP contribution >= 0.6 is 0 Å². The van der Waals surface area contributed by atoms with Crippen LogP contribution in [0.3, 0.4) is 0 Å². The van der Waals surface area contributed by atoms with Gasteiger partial charge in [-0.15, -0.1) is 0 Å². The van der Waals surface area contributed by atoms with E-state index in [0.717, 1.165) is 22.2 Å². The molecule has 0 aliphatic rings. The second-order valence-electron chi connectivity index (χ2n) is 4.67. The Morgan fingerprint density at radius 2 is 2.00 bits per heavy atom. The van der Waals surface area contributed by atoms with Crippen LogP contribution in [0, 0.1) is 13.8 Å². The van der Waals surface area contributed by atoms with Crippen LogP contribution in [0.4, 0.5) is 0 Å². The van der Waals surface area contributed by atoms with Crippen molar-refractivity contribution in [2.24, 2.45) is 0 Å². The molecular formula is C14H16N2O3. The molecule has 1 amide bonds. The van der Waals surface area contributed by atoms with Gasteiger partial charge in [-0.05, 0) is 44.5 Å². The normalized spacial score (nSPS) is 12.4. The molecule has 0 unspecified atom stereocenters. The highest BCUT2D eigenvalue weighted by atomic mass is 16.4. The fourth-order valence-corrected chi connectivity index (χ4v) is 1.94. The zero-order valence-corrected chi connectivity index (χ0v) is 11.1. The maximum absolute atomic E-state index is 11.9. The van der Waals surface area contributed by atoms with Crippen molar-refractivity contribution < 1.29 is 14.7 Å². The van der Waals surface area contributed by atoms with Crippen molar-refractivity contribution in [3.8, 4) is 0 Å². The number of aryl methyl sites for hydroxylation is 2. The van der Waals surface area contributed by atoms with Crippen LogP contribution in [-0.2, 0) is 4.79 Å². The minimum Gasteiger partial charge on any atom is -0.480 e. The Morgan fingerprint density at radius 3 is 2.63 bits per heavy atom. The van der Waals surface area contributed by atoms with Gasteiger partial charge in [0.05, 0.1) is 0 Å². The van der Waals surface area contributed by atoms with E-state index in [2.05, 4.69) is 10.3 Å². The third kappa shape index (κ3) is 2.45. The van der Waals surface area contributed by atoms with Crippen LogP contribution in [0.1, 0.15) is 28.5 Å². The van der Waals surface area contributed by atoms with Crippen LogP contribution < -0.4 is 5.32 Å². The van der Waals surface area contributed by atoms with E-state index in [4.69, 9.17) is 5.11 Å². The number of hydrogen-bond donors (Lipinski definition) is 3. The molecule has 0 aliphatic heterocycles. The fourth-order valence-electron chi connectivity index (χ4n) is 1.94. The molecule has 0 spiro atoms. The number of amides is 1. The molecule has 0 fully saturated rings. The van der Waals surface area contributed by atoms with Crippen molar-refractivity contribution in [1.29, 1.82) is 0 Å². The van der Waals surface area contributed by atoms with Crippen LogP contribution in [0.25, 0.3) is 10.9 Å². The minimum atomic E-state index is -1.05. The molecule has 2 rings (SSSR count). The van der Waals surface area contributed by atoms with Crippen molar-refractivity contribution >= 4 is 22.8 Å². The number of H-pyrrole nitrogens is 1. The molecule has 5 nitrogen and oxygen atoms in total. The van der Waals surface area contributed by atoms with Gasteiger partial charge >= 0.3 is 5.97 Å². The van der Waals surface area contributed by atoms with Crippen LogP contribution in [0.15, 0.2) is 18.2 Å². The highest BCUT2D eigenvalue weighted by Crippen LogP contribution is 2.22. The average Bonchev–Trinajstić information content (AvgIpc) is 2.64. The van der Waals surface area contributed by atoms with Crippen LogP contribution in [0.2, 0.25) is 0 Å². The molecule has 100 valence electrons. The molecule has 3 N–H and O–H groups in total. The third-order valence-electron chi connectivity index (χ3n) is 3.29. The number of aromatic amines is 1. The van der Waals surface area contributed by atoms with Gasteiger partial charge in [0.25, 0.3) is 5.91 Å². The average molecular weight is 260 g/mol. The lowest BCUT2D eigenvalue weighted by molar-refractivity contribution is -0.138. The van der Waals surface area contributed by atoms with Gasteiger partial charge in [-0.25, -0.2) is 0 Å². The summed E-state index contributed by atoms with van der Waals surface area (Å²) in [7, 11) is 0. The van der Waals surface area contributed by atoms with Crippen LogP contribution in [-0.4, -0.2) is 28.0 Å². The lowest BCUT2D eigenvalue weighted by atomic mass is 10.1. The Balaban J connectivity index is 2.33. The van der Waals surface area contributed by atoms with Crippen molar-refractivity contribution in [3.05, 3.63) is 35.0 Å². The second kappa shape index (κ2) is 4.76. The maximum Gasteiger partial charge on any atom is 0.325 e. The van der Waals surface area contributed by atoms with E-state index < -0.39 is 12.0 Å². The van der Waals surface area contributed by atoms with Crippen molar-refractivity contribution in [2.45, 2.75) is 26.8 Å². The smallest absolute Gasteiger partial charge is 0.325 e. The molecule has 1 aromatic carbocycles. The first kappa shape index (κ1) is 13.1. The number of carboxylic acid groups (broad SMARTS) is 1. The first-order valence-electron chi connectivity index (χ1n) is 6.02. The number of aliphatic carboxylic acids is 1. The molecule has 1 aromatic heterocycles. The van der Waals surface area contributed by atoms with E-state index in [-0.39, 0.29) is 5.91 Å². The number of benzene rings is 1. The Morgan fingerprint density at radius 1 is 1.32 bits per heavy atom. The number of hydrogen-bond acceptors (Lipinski definition) is 2. The summed E-state index contributed by atoms with van der Waals surface area (Å²) in [5, 5.41) is 12.2. The van der Waals surface area contributed by atoms with Gasteiger partial charge in [-0.2, -0.15) is 0 Å². The molecule has 1 atom stereocenters. The maximum atomic E-state index is 11.9. The van der Waals surface area contributed by atoms with Gasteiger partial charge in [0.15, 0.2) is 0 Å². The molecule has 1 heterocycles. The van der Waals surface area contributed by atoms with Crippen molar-refractivity contribution in [3.63, 3.8) is 0 Å². The van der Waals surface area contributed by atoms with Gasteiger partial charge < -0.3 is 15.4 Å². The molecule has 0 saturated carbocycles. The lowest BCUT2D eigenvalue weighted by Crippen LogP contribution is -2.38. The molecular weight excluding hydrogens is 244 g/mol. The zero-order chi connectivity index (χ0) is 14.2. The van der Waals surface area contributed by atoms with E-state index in [0.29, 0.717) is 5.56 Å². The van der Waals surface area contributed by atoms with E-state index >= 15 is 0 Å². The third-order valence-corrected chi connectivity index (χ3v) is 3.29. The zero-order valence-electron chi connectivity index (χ0n) is 11.1. The van der Waals surface area contributed by atoms with Gasteiger partial charge in [0.2, 0.25) is 0 Å². The predicted octanol–water partition coefficient (Wildman–Crippen LogP) is 1.99. The number of carbonyl (C=O) groups is 2. The van der Waals surface area contributed by atoms with Gasteiger partial charge in [-0.1, -0.05) is 0 Å². The van der Waals surface area contributed by atoms with Gasteiger partial charge in [0.1, 0.15) is 6.04 Å². The van der Waals surface area contributed by atoms with Crippen molar-refractivity contribution in [1.82, 2.24) is 10.3 Å². The summed E-state index contributed by atoms with van der Waals surface area (Å²) in [6.07, 6.45) is 0. The highest BCUT2D eigenvalue weighted by Gasteiger charge is 2.16. The number of fused-ring (bicyclic) bond motifs is 1. The number of carboxylic acids is 1. The summed E-state index contributed by atoms with van der Waals surface area (Å²) in [6, 6.07) is 4.38. The number of nitrogens with one attached hydrogen (secondary N) is 2. The number of carbonyl (C=O) groups excluding carboxylic acids is 1. The SMILES string of the molecule is Cc1[nH]c2ccc(C(=O)N[C@H](C)C(=O)O)cc2c1C. The first-order valence-corrected chi connectivity index (χ1v) is 6.02. The topological polar surface area (TPSA) is 82.2 Å². The van der Waals surface area contributed by atoms with E-state index in [1.807, 2.05) is 19.9 Å². The van der Waals surface area contributed by atoms with E-state index in [1.165, 1.54) is 6.92 Å². The monoisotopic (exact) mass is 260 g/mol. The van der Waals surface area contributed by atoms with Gasteiger partial charge in [-0.3, -0.25) is 9.59 Å². The molecule has 0 bridgehead atoms. The van der Waals surface area contributed by atoms with Crippen LogP contribution in [0.5, 0.6) is 0 Å². The standard InChI is InChI=1S/C14H16N2O3/c1-7-8(2)15-12-5-4-10(6-11(7)12)13(17)16-9(3)14(18)19/h4-6,9,15H,1-3H3,(H,16,17)(H,18,19)/t9-/m1/s1. The Labute approximate surface area is 110 Å². The van der Waals surface area contributed by atoms with Crippen molar-refractivity contribution in [2.75, 3.05) is 0 Å². The minimum absolute atomic E-state index is 0.380. The summed E-state index contributed by atoms with van der Waals surface area (Å²) in [6.45, 7) is 5.39. The molecule has 0 aliphatic carbocycles. The summed E-state index contributed by atoms with van der Waals surface area (Å²) in [5.41, 5.74) is 3.59. The predicted molar refractivity (Wildman–Crippen MR) is 72.3 cm³/mol. The first-order chi connectivity index (χ1) is 8.90. The van der Waals surface area contributed by atoms with E-state index in [9.17, 15) is 9.59 Å². The molecule has 0 saturated heterocycles. The Bertz CT molecular complexity index is 658. The molecule has 5 heteroatoms. The second-order valence-corrected chi connectivity index (χ2v) is 4.67. The van der Waals surface area contributed by atoms with E-state index in [1.54, 1.807) is 12.1 Å². The van der Waals surface area contributed by atoms with Gasteiger partial charge in [0, 0.05) is 22.2 Å². The lowest BCUT2D eigenvalue weighted by Gasteiger charge is -2.09. The summed E-state index contributed by atoms with van der Waals surface area (Å²) >= 11 is 0. The Kier molecular flexibility index (Phi) is 3.29. The molecule has 2 aromatic rings. The Hall–Kier alpha value is -2.30. The fraction of sp³-hybridized carbons (Fsp3) is 0.286. The molecule has 19 heavy (non-hydrogen) atoms. The largest absolute Gasteiger partial charge is 0.480 e. The molecule has 0 radical (unpaired) electrons. The summed E-state index contributed by atoms with van der Waals surface area (Å²) in [4.78, 5) is 25.9. The summed E-state index contributed by atoms with van der Waals surface area (Å²) < 4.78 is 0. The number of aromatic nitrogens is 1.